The van der Waals surface area contributed by atoms with Crippen LogP contribution in [0.15, 0.2) is 18.2 Å². The molecule has 0 bridgehead atoms. The van der Waals surface area contributed by atoms with Crippen molar-refractivity contribution < 1.29 is 8.78 Å². The van der Waals surface area contributed by atoms with E-state index in [0.29, 0.717) is 5.56 Å². The number of halogens is 2. The summed E-state index contributed by atoms with van der Waals surface area (Å²) >= 11 is 0. The fourth-order valence-electron chi connectivity index (χ4n) is 1.15. The second-order valence-corrected chi connectivity index (χ2v) is 2.93. The standard InChI is InChI=1S/C10H9F2N/c1-7(4-5-13)9-3-2-8(11)6-10(9)12/h2-3,6-7H,4H2,1H3. The molecule has 1 aromatic carbocycles. The minimum absolute atomic E-state index is 0.189. The quantitative estimate of drug-likeness (QED) is 0.688. The average Bonchev–Trinajstić information content (AvgIpc) is 2.04. The van der Waals surface area contributed by atoms with Crippen molar-refractivity contribution >= 4 is 0 Å². The van der Waals surface area contributed by atoms with Gasteiger partial charge in [0, 0.05) is 12.5 Å². The number of hydrogen-bond acceptors (Lipinski definition) is 1. The van der Waals surface area contributed by atoms with Gasteiger partial charge in [-0.1, -0.05) is 13.0 Å². The van der Waals surface area contributed by atoms with Gasteiger partial charge in [-0.3, -0.25) is 0 Å². The van der Waals surface area contributed by atoms with Gasteiger partial charge in [0.05, 0.1) is 6.07 Å². The Kier molecular flexibility index (Phi) is 2.97. The van der Waals surface area contributed by atoms with E-state index in [1.807, 2.05) is 6.07 Å². The molecule has 0 saturated carbocycles. The minimum atomic E-state index is -0.592. The Morgan fingerprint density at radius 1 is 1.46 bits per heavy atom. The fraction of sp³-hybridized carbons (Fsp3) is 0.300. The van der Waals surface area contributed by atoms with Crippen LogP contribution in [0.4, 0.5) is 8.78 Å². The lowest BCUT2D eigenvalue weighted by molar-refractivity contribution is 0.561. The van der Waals surface area contributed by atoms with Gasteiger partial charge in [-0.25, -0.2) is 8.78 Å². The van der Waals surface area contributed by atoms with E-state index < -0.39 is 11.6 Å². The van der Waals surface area contributed by atoms with Crippen molar-refractivity contribution in [1.82, 2.24) is 0 Å². The van der Waals surface area contributed by atoms with Crippen LogP contribution >= 0.6 is 0 Å². The van der Waals surface area contributed by atoms with Crippen LogP contribution in [0.2, 0.25) is 0 Å². The van der Waals surface area contributed by atoms with Crippen LogP contribution in [-0.4, -0.2) is 0 Å². The molecular weight excluding hydrogens is 172 g/mol. The van der Waals surface area contributed by atoms with Crippen LogP contribution in [0.3, 0.4) is 0 Å². The van der Waals surface area contributed by atoms with Crippen molar-refractivity contribution in [2.24, 2.45) is 0 Å². The highest BCUT2D eigenvalue weighted by Gasteiger charge is 2.10. The summed E-state index contributed by atoms with van der Waals surface area (Å²) in [5.41, 5.74) is 0.392. The van der Waals surface area contributed by atoms with Crippen molar-refractivity contribution in [3.63, 3.8) is 0 Å². The molecule has 1 nitrogen and oxygen atoms in total. The highest BCUT2D eigenvalue weighted by atomic mass is 19.1. The smallest absolute Gasteiger partial charge is 0.129 e. The van der Waals surface area contributed by atoms with Crippen LogP contribution in [-0.2, 0) is 0 Å². The third-order valence-corrected chi connectivity index (χ3v) is 1.89. The maximum atomic E-state index is 13.1. The van der Waals surface area contributed by atoms with Gasteiger partial charge in [-0.15, -0.1) is 0 Å². The Balaban J connectivity index is 2.96. The second-order valence-electron chi connectivity index (χ2n) is 2.93. The Morgan fingerprint density at radius 2 is 2.15 bits per heavy atom. The van der Waals surface area contributed by atoms with Crippen molar-refractivity contribution in [3.8, 4) is 6.07 Å². The predicted molar refractivity (Wildman–Crippen MR) is 45.0 cm³/mol. The molecule has 0 saturated heterocycles. The molecule has 13 heavy (non-hydrogen) atoms. The summed E-state index contributed by atoms with van der Waals surface area (Å²) in [4.78, 5) is 0. The zero-order valence-corrected chi connectivity index (χ0v) is 7.22. The Labute approximate surface area is 75.6 Å². The summed E-state index contributed by atoms with van der Waals surface area (Å²) in [6.45, 7) is 1.74. The van der Waals surface area contributed by atoms with E-state index in [0.717, 1.165) is 6.07 Å². The third kappa shape index (κ3) is 2.25. The van der Waals surface area contributed by atoms with E-state index in [-0.39, 0.29) is 12.3 Å². The van der Waals surface area contributed by atoms with E-state index in [1.54, 1.807) is 6.92 Å². The highest BCUT2D eigenvalue weighted by molar-refractivity contribution is 5.22. The van der Waals surface area contributed by atoms with E-state index >= 15 is 0 Å². The van der Waals surface area contributed by atoms with Crippen LogP contribution in [0.25, 0.3) is 0 Å². The normalized spacial score (nSPS) is 12.2. The first-order chi connectivity index (χ1) is 6.15. The summed E-state index contributed by atoms with van der Waals surface area (Å²) in [6, 6.07) is 5.37. The minimum Gasteiger partial charge on any atom is -0.207 e. The lowest BCUT2D eigenvalue weighted by atomic mass is 9.98. The first kappa shape index (κ1) is 9.66. The molecule has 3 heteroatoms. The SMILES string of the molecule is CC(CC#N)c1ccc(F)cc1F. The zero-order valence-electron chi connectivity index (χ0n) is 7.22. The van der Waals surface area contributed by atoms with Crippen molar-refractivity contribution in [2.75, 3.05) is 0 Å². The van der Waals surface area contributed by atoms with Crippen LogP contribution < -0.4 is 0 Å². The molecule has 0 aliphatic rings. The topological polar surface area (TPSA) is 23.8 Å². The number of hydrogen-bond donors (Lipinski definition) is 0. The Morgan fingerprint density at radius 3 is 2.69 bits per heavy atom. The van der Waals surface area contributed by atoms with Gasteiger partial charge in [0.2, 0.25) is 0 Å². The average molecular weight is 181 g/mol. The maximum absolute atomic E-state index is 13.1. The van der Waals surface area contributed by atoms with Crippen molar-refractivity contribution in [3.05, 3.63) is 35.4 Å². The van der Waals surface area contributed by atoms with E-state index in [4.69, 9.17) is 5.26 Å². The lowest BCUT2D eigenvalue weighted by Gasteiger charge is -2.08. The van der Waals surface area contributed by atoms with E-state index in [9.17, 15) is 8.78 Å². The molecule has 1 rings (SSSR count). The zero-order chi connectivity index (χ0) is 9.84. The Hall–Kier alpha value is -1.43. The monoisotopic (exact) mass is 181 g/mol. The number of benzene rings is 1. The van der Waals surface area contributed by atoms with Crippen molar-refractivity contribution in [1.29, 1.82) is 5.26 Å². The molecule has 0 amide bonds. The molecule has 68 valence electrons. The summed E-state index contributed by atoms with van der Waals surface area (Å²) in [5, 5.41) is 8.40. The van der Waals surface area contributed by atoms with Gasteiger partial charge < -0.3 is 0 Å². The van der Waals surface area contributed by atoms with E-state index in [1.165, 1.54) is 12.1 Å². The molecule has 0 aliphatic carbocycles. The van der Waals surface area contributed by atoms with Crippen LogP contribution in [0, 0.1) is 23.0 Å². The highest BCUT2D eigenvalue weighted by Crippen LogP contribution is 2.21. The summed E-state index contributed by atoms with van der Waals surface area (Å²) in [5.74, 6) is -1.36. The lowest BCUT2D eigenvalue weighted by Crippen LogP contribution is -1.96. The molecule has 0 aromatic heterocycles. The Bertz CT molecular complexity index is 341. The molecule has 0 N–H and O–H groups in total. The summed E-state index contributed by atoms with van der Waals surface area (Å²) < 4.78 is 25.6. The molecular formula is C10H9F2N. The second kappa shape index (κ2) is 3.99. The molecule has 1 aromatic rings. The molecule has 0 heterocycles. The van der Waals surface area contributed by atoms with Gasteiger partial charge in [-0.2, -0.15) is 5.26 Å². The van der Waals surface area contributed by atoms with Gasteiger partial charge >= 0.3 is 0 Å². The predicted octanol–water partition coefficient (Wildman–Crippen LogP) is 2.98. The fourth-order valence-corrected chi connectivity index (χ4v) is 1.15. The molecule has 0 spiro atoms. The molecule has 0 fully saturated rings. The van der Waals surface area contributed by atoms with Crippen LogP contribution in [0.5, 0.6) is 0 Å². The first-order valence-corrected chi connectivity index (χ1v) is 3.97. The largest absolute Gasteiger partial charge is 0.207 e. The molecule has 0 radical (unpaired) electrons. The maximum Gasteiger partial charge on any atom is 0.129 e. The van der Waals surface area contributed by atoms with Crippen molar-refractivity contribution in [2.45, 2.75) is 19.3 Å². The molecule has 1 unspecified atom stereocenters. The number of nitrogens with zero attached hydrogens (tertiary/aromatic N) is 1. The number of rotatable bonds is 2. The van der Waals surface area contributed by atoms with Gasteiger partial charge in [0.1, 0.15) is 11.6 Å². The van der Waals surface area contributed by atoms with Gasteiger partial charge in [0.25, 0.3) is 0 Å². The number of nitriles is 1. The summed E-state index contributed by atoms with van der Waals surface area (Å²) in [6.07, 6.45) is 0.239. The third-order valence-electron chi connectivity index (χ3n) is 1.89. The van der Waals surface area contributed by atoms with E-state index in [2.05, 4.69) is 0 Å². The molecule has 1 atom stereocenters. The molecule has 0 aliphatic heterocycles. The summed E-state index contributed by atoms with van der Waals surface area (Å²) in [7, 11) is 0. The first-order valence-electron chi connectivity index (χ1n) is 3.97. The van der Waals surface area contributed by atoms with Gasteiger partial charge in [-0.05, 0) is 17.5 Å². The van der Waals surface area contributed by atoms with Crippen LogP contribution in [0.1, 0.15) is 24.8 Å². The van der Waals surface area contributed by atoms with Gasteiger partial charge in [0.15, 0.2) is 0 Å².